The third-order valence-corrected chi connectivity index (χ3v) is 4.45. The van der Waals surface area contributed by atoms with Gasteiger partial charge in [0.15, 0.2) is 6.29 Å². The van der Waals surface area contributed by atoms with Gasteiger partial charge < -0.3 is 10.1 Å². The van der Waals surface area contributed by atoms with Crippen LogP contribution in [0.3, 0.4) is 0 Å². The summed E-state index contributed by atoms with van der Waals surface area (Å²) in [5, 5.41) is 4.23. The zero-order valence-corrected chi connectivity index (χ0v) is 13.2. The van der Waals surface area contributed by atoms with Gasteiger partial charge in [-0.15, -0.1) is 0 Å². The molecule has 1 saturated heterocycles. The summed E-state index contributed by atoms with van der Waals surface area (Å²) in [5.41, 5.74) is 4.88. The lowest BCUT2D eigenvalue weighted by Gasteiger charge is -2.24. The number of pyridine rings is 1. The number of aldehydes is 1. The number of nitrogens with zero attached hydrogens (tertiary/aromatic N) is 1. The van der Waals surface area contributed by atoms with Crippen molar-refractivity contribution in [1.82, 2.24) is 10.3 Å². The van der Waals surface area contributed by atoms with E-state index in [1.54, 1.807) is 12.3 Å². The molecule has 24 heavy (non-hydrogen) atoms. The van der Waals surface area contributed by atoms with Gasteiger partial charge in [0.25, 0.3) is 0 Å². The van der Waals surface area contributed by atoms with Crippen LogP contribution >= 0.6 is 0 Å². The monoisotopic (exact) mass is 318 g/mol. The molecule has 2 heterocycles. The first kappa shape index (κ1) is 15.0. The van der Waals surface area contributed by atoms with Gasteiger partial charge in [-0.05, 0) is 34.9 Å². The smallest absolute Gasteiger partial charge is 0.150 e. The van der Waals surface area contributed by atoms with E-state index in [0.717, 1.165) is 48.0 Å². The van der Waals surface area contributed by atoms with Crippen molar-refractivity contribution in [3.63, 3.8) is 0 Å². The molecule has 120 valence electrons. The summed E-state index contributed by atoms with van der Waals surface area (Å²) in [5.74, 6) is 0. The van der Waals surface area contributed by atoms with Crippen LogP contribution in [0.4, 0.5) is 0 Å². The third-order valence-electron chi connectivity index (χ3n) is 4.45. The highest BCUT2D eigenvalue weighted by molar-refractivity contribution is 5.98. The summed E-state index contributed by atoms with van der Waals surface area (Å²) < 4.78 is 5.79. The van der Waals surface area contributed by atoms with Gasteiger partial charge in [0.05, 0.1) is 18.2 Å². The highest BCUT2D eigenvalue weighted by Crippen LogP contribution is 2.27. The zero-order chi connectivity index (χ0) is 16.4. The van der Waals surface area contributed by atoms with Gasteiger partial charge in [-0.3, -0.25) is 9.78 Å². The Morgan fingerprint density at radius 1 is 1.08 bits per heavy atom. The summed E-state index contributed by atoms with van der Waals surface area (Å²) in [6.07, 6.45) is 2.67. The van der Waals surface area contributed by atoms with Crippen molar-refractivity contribution in [3.8, 4) is 11.1 Å². The van der Waals surface area contributed by atoms with Crippen LogP contribution in [0.15, 0.2) is 54.7 Å². The Morgan fingerprint density at radius 2 is 1.92 bits per heavy atom. The predicted octanol–water partition coefficient (Wildman–Crippen LogP) is 3.38. The lowest BCUT2D eigenvalue weighted by Crippen LogP contribution is -2.33. The zero-order valence-electron chi connectivity index (χ0n) is 13.2. The van der Waals surface area contributed by atoms with Crippen molar-refractivity contribution in [3.05, 3.63) is 65.9 Å². The van der Waals surface area contributed by atoms with E-state index < -0.39 is 0 Å². The minimum absolute atomic E-state index is 0.121. The minimum Gasteiger partial charge on any atom is -0.371 e. The summed E-state index contributed by atoms with van der Waals surface area (Å²) in [6, 6.07) is 16.2. The molecule has 3 aromatic rings. The van der Waals surface area contributed by atoms with Crippen LogP contribution in [0.5, 0.6) is 0 Å². The number of ether oxygens (including phenoxy) is 1. The van der Waals surface area contributed by atoms with Gasteiger partial charge in [-0.1, -0.05) is 30.3 Å². The Balaban J connectivity index is 1.68. The fourth-order valence-electron chi connectivity index (χ4n) is 3.12. The molecule has 0 amide bonds. The second-order valence-electron chi connectivity index (χ2n) is 5.94. The number of nitrogens with one attached hydrogen (secondary N) is 1. The number of benzene rings is 2. The number of fused-ring (bicyclic) bond motifs is 1. The molecule has 1 aromatic heterocycles. The van der Waals surface area contributed by atoms with Crippen molar-refractivity contribution < 1.29 is 9.53 Å². The third kappa shape index (κ3) is 2.82. The Bertz CT molecular complexity index is 868. The van der Waals surface area contributed by atoms with Gasteiger partial charge in [0, 0.05) is 30.2 Å². The quantitative estimate of drug-likeness (QED) is 0.752. The van der Waals surface area contributed by atoms with E-state index in [0.29, 0.717) is 5.56 Å². The molecule has 0 aliphatic carbocycles. The summed E-state index contributed by atoms with van der Waals surface area (Å²) in [6.45, 7) is 2.51. The van der Waals surface area contributed by atoms with Crippen molar-refractivity contribution >= 4 is 17.2 Å². The Morgan fingerprint density at radius 3 is 2.67 bits per heavy atom. The molecule has 2 aromatic carbocycles. The summed E-state index contributed by atoms with van der Waals surface area (Å²) >= 11 is 0. The topological polar surface area (TPSA) is 51.2 Å². The maximum absolute atomic E-state index is 11.2. The minimum atomic E-state index is 0.121. The number of carbonyl (C=O) groups excluding carboxylic acids is 1. The highest BCUT2D eigenvalue weighted by atomic mass is 16.5. The first-order valence-corrected chi connectivity index (χ1v) is 8.12. The van der Waals surface area contributed by atoms with Crippen LogP contribution in [0.25, 0.3) is 22.0 Å². The molecule has 0 radical (unpaired) electrons. The second-order valence-corrected chi connectivity index (χ2v) is 5.94. The number of carbonyl (C=O) groups is 1. The molecule has 4 rings (SSSR count). The van der Waals surface area contributed by atoms with Crippen LogP contribution in [0.2, 0.25) is 0 Å². The van der Waals surface area contributed by atoms with E-state index in [1.165, 1.54) is 5.56 Å². The van der Waals surface area contributed by atoms with Crippen molar-refractivity contribution in [1.29, 1.82) is 0 Å². The maximum atomic E-state index is 11.2. The number of hydrogen-bond donors (Lipinski definition) is 1. The SMILES string of the molecule is O=Cc1ccnc2ccc(-c3ccc(C4CNCCO4)cc3)cc12. The summed E-state index contributed by atoms with van der Waals surface area (Å²) in [4.78, 5) is 15.6. The fourth-order valence-corrected chi connectivity index (χ4v) is 3.12. The van der Waals surface area contributed by atoms with Crippen molar-refractivity contribution in [2.45, 2.75) is 6.10 Å². The van der Waals surface area contributed by atoms with E-state index in [1.807, 2.05) is 18.2 Å². The molecule has 4 heteroatoms. The largest absolute Gasteiger partial charge is 0.371 e. The average molecular weight is 318 g/mol. The molecular weight excluding hydrogens is 300 g/mol. The van der Waals surface area contributed by atoms with Crippen LogP contribution in [0, 0.1) is 0 Å². The molecule has 1 aliphatic rings. The van der Waals surface area contributed by atoms with Gasteiger partial charge in [0.1, 0.15) is 0 Å². The average Bonchev–Trinajstić information content (AvgIpc) is 2.68. The number of morpholine rings is 1. The Kier molecular flexibility index (Phi) is 4.07. The van der Waals surface area contributed by atoms with Crippen LogP contribution in [-0.2, 0) is 4.74 Å². The maximum Gasteiger partial charge on any atom is 0.150 e. The normalized spacial score (nSPS) is 17.8. The highest BCUT2D eigenvalue weighted by Gasteiger charge is 2.15. The number of rotatable bonds is 3. The fraction of sp³-hybridized carbons (Fsp3) is 0.200. The van der Waals surface area contributed by atoms with E-state index in [-0.39, 0.29) is 6.10 Å². The van der Waals surface area contributed by atoms with Gasteiger partial charge >= 0.3 is 0 Å². The predicted molar refractivity (Wildman–Crippen MR) is 94.1 cm³/mol. The number of aromatic nitrogens is 1. The molecule has 1 unspecified atom stereocenters. The molecule has 0 bridgehead atoms. The lowest BCUT2D eigenvalue weighted by atomic mass is 9.99. The van der Waals surface area contributed by atoms with Gasteiger partial charge in [-0.2, -0.15) is 0 Å². The van der Waals surface area contributed by atoms with Gasteiger partial charge in [-0.25, -0.2) is 0 Å². The molecule has 0 saturated carbocycles. The van der Waals surface area contributed by atoms with Crippen molar-refractivity contribution in [2.24, 2.45) is 0 Å². The molecule has 0 spiro atoms. The van der Waals surface area contributed by atoms with Crippen LogP contribution < -0.4 is 5.32 Å². The van der Waals surface area contributed by atoms with Crippen LogP contribution in [0.1, 0.15) is 22.0 Å². The number of hydrogen-bond acceptors (Lipinski definition) is 4. The Labute approximate surface area is 140 Å². The van der Waals surface area contributed by atoms with Gasteiger partial charge in [0.2, 0.25) is 0 Å². The molecule has 1 N–H and O–H groups in total. The molecule has 1 aliphatic heterocycles. The van der Waals surface area contributed by atoms with E-state index in [4.69, 9.17) is 4.74 Å². The first-order chi connectivity index (χ1) is 11.8. The van der Waals surface area contributed by atoms with E-state index in [9.17, 15) is 4.79 Å². The molecule has 1 fully saturated rings. The van der Waals surface area contributed by atoms with E-state index in [2.05, 4.69) is 34.6 Å². The molecule has 1 atom stereocenters. The van der Waals surface area contributed by atoms with Crippen LogP contribution in [-0.4, -0.2) is 31.0 Å². The Hall–Kier alpha value is -2.56. The lowest BCUT2D eigenvalue weighted by molar-refractivity contribution is 0.0277. The first-order valence-electron chi connectivity index (χ1n) is 8.12. The second kappa shape index (κ2) is 6.51. The van der Waals surface area contributed by atoms with E-state index >= 15 is 0 Å². The summed E-state index contributed by atoms with van der Waals surface area (Å²) in [7, 11) is 0. The molecular formula is C20H18N2O2. The standard InChI is InChI=1S/C20H18N2O2/c23-13-17-7-8-22-19-6-5-16(11-18(17)19)14-1-3-15(4-2-14)20-12-21-9-10-24-20/h1-8,11,13,20-21H,9-10,12H2. The molecule has 4 nitrogen and oxygen atoms in total. The van der Waals surface area contributed by atoms with Crippen molar-refractivity contribution in [2.75, 3.05) is 19.7 Å².